The molecule has 1 saturated heterocycles. The van der Waals surface area contributed by atoms with Gasteiger partial charge in [0.2, 0.25) is 10.0 Å². The van der Waals surface area contributed by atoms with E-state index in [-0.39, 0.29) is 29.6 Å². The van der Waals surface area contributed by atoms with Crippen molar-refractivity contribution >= 4 is 27.7 Å². The van der Waals surface area contributed by atoms with E-state index < -0.39 is 21.7 Å². The summed E-state index contributed by atoms with van der Waals surface area (Å²) in [6.07, 6.45) is 2.74. The lowest BCUT2D eigenvalue weighted by atomic mass is 10.1. The van der Waals surface area contributed by atoms with E-state index >= 15 is 0 Å². The molecule has 0 spiro atoms. The third kappa shape index (κ3) is 4.82. The first kappa shape index (κ1) is 20.6. The minimum atomic E-state index is -3.77. The third-order valence-electron chi connectivity index (χ3n) is 4.91. The van der Waals surface area contributed by atoms with Crippen LogP contribution in [0.15, 0.2) is 23.1 Å². The largest absolute Gasteiger partial charge is 0.379 e. The molecule has 1 aliphatic heterocycles. The van der Waals surface area contributed by atoms with Crippen LogP contribution in [0.4, 0.5) is 4.39 Å². The topological polar surface area (TPSA) is 75.7 Å². The highest BCUT2D eigenvalue weighted by Crippen LogP contribution is 2.30. The van der Waals surface area contributed by atoms with Crippen molar-refractivity contribution in [2.45, 2.75) is 42.4 Å². The smallest absolute Gasteiger partial charge is 0.254 e. The van der Waals surface area contributed by atoms with Crippen LogP contribution in [0.5, 0.6) is 0 Å². The van der Waals surface area contributed by atoms with E-state index in [1.807, 2.05) is 11.8 Å². The van der Waals surface area contributed by atoms with Gasteiger partial charge in [-0.3, -0.25) is 4.79 Å². The van der Waals surface area contributed by atoms with E-state index in [9.17, 15) is 17.6 Å². The van der Waals surface area contributed by atoms with Crippen molar-refractivity contribution < 1.29 is 22.3 Å². The molecule has 2 aliphatic rings. The van der Waals surface area contributed by atoms with Gasteiger partial charge in [-0.15, -0.1) is 0 Å². The SMILES string of the molecule is CCS[C@@H]1CC[C@H](NC(=O)c2cc(S(=O)(=O)N3CCOCC3)ccc2F)C1. The van der Waals surface area contributed by atoms with E-state index in [1.165, 1.54) is 10.4 Å². The van der Waals surface area contributed by atoms with Crippen molar-refractivity contribution in [3.8, 4) is 0 Å². The summed E-state index contributed by atoms with van der Waals surface area (Å²) in [5, 5.41) is 3.37. The van der Waals surface area contributed by atoms with Crippen molar-refractivity contribution in [3.05, 3.63) is 29.6 Å². The van der Waals surface area contributed by atoms with Crippen LogP contribution < -0.4 is 5.32 Å². The lowest BCUT2D eigenvalue weighted by Crippen LogP contribution is -2.40. The zero-order valence-electron chi connectivity index (χ0n) is 15.3. The second-order valence-electron chi connectivity index (χ2n) is 6.72. The van der Waals surface area contributed by atoms with E-state index in [0.29, 0.717) is 18.5 Å². The first-order valence-electron chi connectivity index (χ1n) is 9.21. The lowest BCUT2D eigenvalue weighted by molar-refractivity contribution is 0.0730. The highest BCUT2D eigenvalue weighted by molar-refractivity contribution is 7.99. The summed E-state index contributed by atoms with van der Waals surface area (Å²) < 4.78 is 46.2. The van der Waals surface area contributed by atoms with Gasteiger partial charge in [0.15, 0.2) is 0 Å². The molecule has 0 aromatic heterocycles. The van der Waals surface area contributed by atoms with Crippen LogP contribution in [-0.2, 0) is 14.8 Å². The normalized spacial score (nSPS) is 24.1. The van der Waals surface area contributed by atoms with Gasteiger partial charge in [0.1, 0.15) is 5.82 Å². The average Bonchev–Trinajstić information content (AvgIpc) is 3.10. The van der Waals surface area contributed by atoms with Crippen LogP contribution in [0.25, 0.3) is 0 Å². The van der Waals surface area contributed by atoms with Gasteiger partial charge >= 0.3 is 0 Å². The Morgan fingerprint density at radius 3 is 2.78 bits per heavy atom. The summed E-state index contributed by atoms with van der Waals surface area (Å²) >= 11 is 1.87. The number of carbonyl (C=O) groups excluding carboxylic acids is 1. The molecule has 1 N–H and O–H groups in total. The highest BCUT2D eigenvalue weighted by atomic mass is 32.2. The molecule has 3 rings (SSSR count). The first-order chi connectivity index (χ1) is 12.9. The molecule has 1 aromatic rings. The van der Waals surface area contributed by atoms with E-state index in [0.717, 1.165) is 37.1 Å². The van der Waals surface area contributed by atoms with E-state index in [4.69, 9.17) is 4.74 Å². The number of nitrogens with one attached hydrogen (secondary N) is 1. The fraction of sp³-hybridized carbons (Fsp3) is 0.611. The van der Waals surface area contributed by atoms with Gasteiger partial charge < -0.3 is 10.1 Å². The molecule has 0 bridgehead atoms. The van der Waals surface area contributed by atoms with Crippen molar-refractivity contribution in [2.75, 3.05) is 32.1 Å². The van der Waals surface area contributed by atoms with Crippen LogP contribution in [-0.4, -0.2) is 62.0 Å². The van der Waals surface area contributed by atoms with Crippen LogP contribution in [0, 0.1) is 5.82 Å². The molecule has 2 fully saturated rings. The molecular formula is C18H25FN2O4S2. The number of amides is 1. The van der Waals surface area contributed by atoms with Crippen molar-refractivity contribution in [2.24, 2.45) is 0 Å². The minimum Gasteiger partial charge on any atom is -0.379 e. The molecule has 1 heterocycles. The van der Waals surface area contributed by atoms with Gasteiger partial charge in [-0.25, -0.2) is 12.8 Å². The maximum atomic E-state index is 14.2. The van der Waals surface area contributed by atoms with Gasteiger partial charge in [-0.2, -0.15) is 16.1 Å². The Morgan fingerprint density at radius 1 is 1.33 bits per heavy atom. The number of hydrogen-bond donors (Lipinski definition) is 1. The summed E-state index contributed by atoms with van der Waals surface area (Å²) in [4.78, 5) is 12.5. The second-order valence-corrected chi connectivity index (χ2v) is 10.2. The van der Waals surface area contributed by atoms with Crippen molar-refractivity contribution in [1.29, 1.82) is 0 Å². The zero-order valence-corrected chi connectivity index (χ0v) is 17.0. The van der Waals surface area contributed by atoms with Gasteiger partial charge in [-0.1, -0.05) is 6.92 Å². The van der Waals surface area contributed by atoms with Crippen LogP contribution >= 0.6 is 11.8 Å². The predicted octanol–water partition coefficient (Wildman–Crippen LogP) is 2.25. The Balaban J connectivity index is 1.74. The Hall–Kier alpha value is -1.16. The Bertz CT molecular complexity index is 782. The van der Waals surface area contributed by atoms with E-state index in [2.05, 4.69) is 12.2 Å². The van der Waals surface area contributed by atoms with Gasteiger partial charge in [0, 0.05) is 24.4 Å². The monoisotopic (exact) mass is 416 g/mol. The molecule has 0 radical (unpaired) electrons. The quantitative estimate of drug-likeness (QED) is 0.770. The third-order valence-corrected chi connectivity index (χ3v) is 8.04. The predicted molar refractivity (Wildman–Crippen MR) is 103 cm³/mol. The number of hydrogen-bond acceptors (Lipinski definition) is 5. The fourth-order valence-electron chi connectivity index (χ4n) is 3.50. The number of thioether (sulfide) groups is 1. The number of benzene rings is 1. The zero-order chi connectivity index (χ0) is 19.4. The summed E-state index contributed by atoms with van der Waals surface area (Å²) in [5.41, 5.74) is -0.226. The lowest BCUT2D eigenvalue weighted by Gasteiger charge is -2.26. The molecule has 9 heteroatoms. The number of rotatable bonds is 6. The molecule has 150 valence electrons. The number of carbonyl (C=O) groups is 1. The summed E-state index contributed by atoms with van der Waals surface area (Å²) in [6, 6.07) is 3.40. The van der Waals surface area contributed by atoms with Crippen LogP contribution in [0.2, 0.25) is 0 Å². The molecule has 1 saturated carbocycles. The number of morpholine rings is 1. The highest BCUT2D eigenvalue weighted by Gasteiger charge is 2.30. The Labute approximate surface area is 163 Å². The van der Waals surface area contributed by atoms with Gasteiger partial charge in [0.05, 0.1) is 23.7 Å². The number of nitrogens with zero attached hydrogens (tertiary/aromatic N) is 1. The average molecular weight is 417 g/mol. The van der Waals surface area contributed by atoms with Crippen molar-refractivity contribution in [3.63, 3.8) is 0 Å². The molecule has 6 nitrogen and oxygen atoms in total. The molecule has 0 unspecified atom stereocenters. The molecule has 1 amide bonds. The standard InChI is InChI=1S/C18H25FN2O4S2/c1-2-26-14-4-3-13(11-14)20-18(22)16-12-15(5-6-17(16)19)27(23,24)21-7-9-25-10-8-21/h5-6,12-14H,2-4,7-11H2,1H3,(H,20,22)/t13-,14+/m0/s1. The Morgan fingerprint density at radius 2 is 2.07 bits per heavy atom. The fourth-order valence-corrected chi connectivity index (χ4v) is 6.07. The maximum Gasteiger partial charge on any atom is 0.254 e. The minimum absolute atomic E-state index is 0.000423. The first-order valence-corrected chi connectivity index (χ1v) is 11.7. The van der Waals surface area contributed by atoms with Gasteiger partial charge in [0.25, 0.3) is 5.91 Å². The number of halogens is 1. The number of ether oxygens (including phenoxy) is 1. The molecular weight excluding hydrogens is 391 g/mol. The van der Waals surface area contributed by atoms with E-state index in [1.54, 1.807) is 0 Å². The second kappa shape index (κ2) is 8.89. The number of sulfonamides is 1. The molecule has 1 aliphatic carbocycles. The summed E-state index contributed by atoms with van der Waals surface area (Å²) in [6.45, 7) is 3.25. The summed E-state index contributed by atoms with van der Waals surface area (Å²) in [7, 11) is -3.77. The van der Waals surface area contributed by atoms with Crippen molar-refractivity contribution in [1.82, 2.24) is 9.62 Å². The Kier molecular flexibility index (Phi) is 6.78. The van der Waals surface area contributed by atoms with Crippen LogP contribution in [0.3, 0.4) is 0 Å². The summed E-state index contributed by atoms with van der Waals surface area (Å²) in [5.74, 6) is -0.244. The maximum absolute atomic E-state index is 14.2. The molecule has 2 atom stereocenters. The molecule has 1 aromatic carbocycles. The van der Waals surface area contributed by atoms with Gasteiger partial charge in [-0.05, 0) is 43.2 Å². The van der Waals surface area contributed by atoms with Crippen LogP contribution in [0.1, 0.15) is 36.5 Å². The molecule has 27 heavy (non-hydrogen) atoms.